The predicted octanol–water partition coefficient (Wildman–Crippen LogP) is 3.58. The Hall–Kier alpha value is -0.960. The molecule has 0 N–H and O–H groups in total. The number of ether oxygens (including phenoxy) is 1. The standard InChI is InChI=1S/C14H20O2S/c1-4-8-17-10-13(15)12-6-7-14(16-3)11(5-2)9-12/h6-7,9H,4-5,8,10H2,1-3H3. The fourth-order valence-electron chi connectivity index (χ4n) is 1.62. The number of ketones is 1. The van der Waals surface area contributed by atoms with Crippen LogP contribution >= 0.6 is 11.8 Å². The van der Waals surface area contributed by atoms with Crippen molar-refractivity contribution in [3.05, 3.63) is 29.3 Å². The lowest BCUT2D eigenvalue weighted by molar-refractivity contribution is 0.102. The molecule has 0 heterocycles. The second kappa shape index (κ2) is 7.38. The first-order valence-corrected chi connectivity index (χ1v) is 7.16. The molecule has 3 heteroatoms. The van der Waals surface area contributed by atoms with Crippen LogP contribution in [0.1, 0.15) is 36.2 Å². The number of carbonyl (C=O) groups excluding carboxylic acids is 1. The van der Waals surface area contributed by atoms with Crippen molar-refractivity contribution in [1.29, 1.82) is 0 Å². The molecule has 94 valence electrons. The number of aryl methyl sites for hydroxylation is 1. The van der Waals surface area contributed by atoms with Gasteiger partial charge in [0.2, 0.25) is 0 Å². The maximum absolute atomic E-state index is 11.9. The average Bonchev–Trinajstić information content (AvgIpc) is 2.38. The maximum Gasteiger partial charge on any atom is 0.172 e. The minimum atomic E-state index is 0.209. The average molecular weight is 252 g/mol. The van der Waals surface area contributed by atoms with Gasteiger partial charge < -0.3 is 4.74 Å². The van der Waals surface area contributed by atoms with Crippen molar-refractivity contribution in [2.75, 3.05) is 18.6 Å². The Kier molecular flexibility index (Phi) is 6.12. The van der Waals surface area contributed by atoms with Crippen molar-refractivity contribution in [2.45, 2.75) is 26.7 Å². The zero-order chi connectivity index (χ0) is 12.7. The van der Waals surface area contributed by atoms with Crippen molar-refractivity contribution >= 4 is 17.5 Å². The van der Waals surface area contributed by atoms with E-state index in [1.54, 1.807) is 18.9 Å². The lowest BCUT2D eigenvalue weighted by Gasteiger charge is -2.08. The molecule has 0 atom stereocenters. The van der Waals surface area contributed by atoms with Crippen LogP contribution in [-0.2, 0) is 6.42 Å². The fraction of sp³-hybridized carbons (Fsp3) is 0.500. The number of hydrogen-bond donors (Lipinski definition) is 0. The van der Waals surface area contributed by atoms with Gasteiger partial charge in [-0.3, -0.25) is 4.79 Å². The summed E-state index contributed by atoms with van der Waals surface area (Å²) in [7, 11) is 1.66. The van der Waals surface area contributed by atoms with Crippen molar-refractivity contribution in [1.82, 2.24) is 0 Å². The van der Waals surface area contributed by atoms with E-state index in [9.17, 15) is 4.79 Å². The molecule has 0 aromatic heterocycles. The number of thioether (sulfide) groups is 1. The molecule has 0 bridgehead atoms. The summed E-state index contributed by atoms with van der Waals surface area (Å²) in [6.45, 7) is 4.19. The summed E-state index contributed by atoms with van der Waals surface area (Å²) in [5.41, 5.74) is 1.89. The largest absolute Gasteiger partial charge is 0.496 e. The van der Waals surface area contributed by atoms with Gasteiger partial charge in [-0.15, -0.1) is 0 Å². The van der Waals surface area contributed by atoms with Gasteiger partial charge in [-0.05, 0) is 42.4 Å². The SMILES string of the molecule is CCCSCC(=O)c1ccc(OC)c(CC)c1. The Bertz CT molecular complexity index is 374. The second-order valence-electron chi connectivity index (χ2n) is 3.86. The lowest BCUT2D eigenvalue weighted by Crippen LogP contribution is -2.04. The molecule has 0 fully saturated rings. The monoisotopic (exact) mass is 252 g/mol. The number of hydrogen-bond acceptors (Lipinski definition) is 3. The van der Waals surface area contributed by atoms with Gasteiger partial charge in [-0.2, -0.15) is 11.8 Å². The molecule has 0 aliphatic carbocycles. The van der Waals surface area contributed by atoms with Gasteiger partial charge in [0.1, 0.15) is 5.75 Å². The van der Waals surface area contributed by atoms with Gasteiger partial charge >= 0.3 is 0 Å². The van der Waals surface area contributed by atoms with Crippen molar-refractivity contribution < 1.29 is 9.53 Å². The van der Waals surface area contributed by atoms with Gasteiger partial charge in [0.25, 0.3) is 0 Å². The summed E-state index contributed by atoms with van der Waals surface area (Å²) in [4.78, 5) is 11.9. The molecule has 0 saturated carbocycles. The van der Waals surface area contributed by atoms with E-state index in [2.05, 4.69) is 13.8 Å². The maximum atomic E-state index is 11.9. The molecule has 0 unspecified atom stereocenters. The van der Waals surface area contributed by atoms with E-state index in [1.165, 1.54) is 0 Å². The van der Waals surface area contributed by atoms with Crippen LogP contribution in [0.25, 0.3) is 0 Å². The molecule has 0 aliphatic heterocycles. The number of methoxy groups -OCH3 is 1. The van der Waals surface area contributed by atoms with E-state index in [4.69, 9.17) is 4.74 Å². The van der Waals surface area contributed by atoms with Crippen molar-refractivity contribution in [2.24, 2.45) is 0 Å². The Balaban J connectivity index is 2.74. The molecule has 1 aromatic carbocycles. The van der Waals surface area contributed by atoms with Crippen LogP contribution in [-0.4, -0.2) is 24.4 Å². The molecule has 1 aromatic rings. The van der Waals surface area contributed by atoms with Gasteiger partial charge in [-0.1, -0.05) is 13.8 Å². The van der Waals surface area contributed by atoms with Gasteiger partial charge in [0.15, 0.2) is 5.78 Å². The van der Waals surface area contributed by atoms with Gasteiger partial charge in [-0.25, -0.2) is 0 Å². The van der Waals surface area contributed by atoms with Crippen LogP contribution < -0.4 is 4.74 Å². The highest BCUT2D eigenvalue weighted by atomic mass is 32.2. The third-order valence-electron chi connectivity index (χ3n) is 2.56. The minimum absolute atomic E-state index is 0.209. The predicted molar refractivity (Wildman–Crippen MR) is 74.3 cm³/mol. The van der Waals surface area contributed by atoms with Crippen LogP contribution in [0.2, 0.25) is 0 Å². The summed E-state index contributed by atoms with van der Waals surface area (Å²) in [6.07, 6.45) is 1.99. The molecule has 0 spiro atoms. The second-order valence-corrected chi connectivity index (χ2v) is 4.96. The zero-order valence-corrected chi connectivity index (χ0v) is 11.6. The normalized spacial score (nSPS) is 10.3. The smallest absolute Gasteiger partial charge is 0.172 e. The van der Waals surface area contributed by atoms with Crippen LogP contribution in [0.15, 0.2) is 18.2 Å². The first kappa shape index (κ1) is 14.1. The first-order chi connectivity index (χ1) is 8.22. The molecule has 2 nitrogen and oxygen atoms in total. The summed E-state index contributed by atoms with van der Waals surface area (Å²) in [6, 6.07) is 5.69. The Morgan fingerprint density at radius 1 is 1.35 bits per heavy atom. The molecule has 0 aliphatic rings. The minimum Gasteiger partial charge on any atom is -0.496 e. The summed E-state index contributed by atoms with van der Waals surface area (Å²) < 4.78 is 5.25. The molecule has 17 heavy (non-hydrogen) atoms. The van der Waals surface area contributed by atoms with Crippen LogP contribution in [0.5, 0.6) is 5.75 Å². The van der Waals surface area contributed by atoms with E-state index < -0.39 is 0 Å². The van der Waals surface area contributed by atoms with E-state index in [0.717, 1.165) is 35.5 Å². The quantitative estimate of drug-likeness (QED) is 0.548. The fourth-order valence-corrected chi connectivity index (χ4v) is 2.41. The molecular formula is C14H20O2S. The first-order valence-electron chi connectivity index (χ1n) is 6.00. The van der Waals surface area contributed by atoms with Crippen LogP contribution in [0.4, 0.5) is 0 Å². The highest BCUT2D eigenvalue weighted by molar-refractivity contribution is 7.99. The van der Waals surface area contributed by atoms with Crippen molar-refractivity contribution in [3.8, 4) is 5.75 Å². The summed E-state index contributed by atoms with van der Waals surface area (Å²) in [5.74, 6) is 2.69. The van der Waals surface area contributed by atoms with Crippen LogP contribution in [0, 0.1) is 0 Å². The highest BCUT2D eigenvalue weighted by Gasteiger charge is 2.09. The Morgan fingerprint density at radius 3 is 2.71 bits per heavy atom. The molecule has 0 radical (unpaired) electrons. The van der Waals surface area contributed by atoms with E-state index in [0.29, 0.717) is 5.75 Å². The van der Waals surface area contributed by atoms with E-state index in [1.807, 2.05) is 18.2 Å². The van der Waals surface area contributed by atoms with Gasteiger partial charge in [0.05, 0.1) is 12.9 Å². The van der Waals surface area contributed by atoms with Crippen LogP contribution in [0.3, 0.4) is 0 Å². The molecular weight excluding hydrogens is 232 g/mol. The van der Waals surface area contributed by atoms with Crippen molar-refractivity contribution in [3.63, 3.8) is 0 Å². The summed E-state index contributed by atoms with van der Waals surface area (Å²) in [5, 5.41) is 0. The number of rotatable bonds is 7. The Labute approximate surface area is 108 Å². The van der Waals surface area contributed by atoms with Gasteiger partial charge in [0, 0.05) is 5.56 Å². The van der Waals surface area contributed by atoms with E-state index >= 15 is 0 Å². The van der Waals surface area contributed by atoms with E-state index in [-0.39, 0.29) is 5.78 Å². The number of Topliss-reactive ketones (excluding diaryl/α,β-unsaturated/α-hetero) is 1. The molecule has 1 rings (SSSR count). The molecule has 0 amide bonds. The summed E-state index contributed by atoms with van der Waals surface area (Å²) >= 11 is 1.70. The highest BCUT2D eigenvalue weighted by Crippen LogP contribution is 2.21. The molecule has 0 saturated heterocycles. The number of benzene rings is 1. The lowest BCUT2D eigenvalue weighted by atomic mass is 10.1. The number of carbonyl (C=O) groups is 1. The third kappa shape index (κ3) is 4.08. The topological polar surface area (TPSA) is 26.3 Å². The zero-order valence-electron chi connectivity index (χ0n) is 10.8. The Morgan fingerprint density at radius 2 is 2.12 bits per heavy atom. The third-order valence-corrected chi connectivity index (χ3v) is 3.73.